The molecule has 1 rings (SSSR count). The van der Waals surface area contributed by atoms with E-state index in [1.165, 1.54) is 0 Å². The summed E-state index contributed by atoms with van der Waals surface area (Å²) in [6.45, 7) is 0. The van der Waals surface area contributed by atoms with Crippen molar-refractivity contribution in [3.63, 3.8) is 0 Å². The van der Waals surface area contributed by atoms with E-state index in [-0.39, 0.29) is 0 Å². The molecule has 0 heteroatoms. The first-order valence-electron chi connectivity index (χ1n) is 5.27. The highest BCUT2D eigenvalue weighted by atomic mass is 13.8. The number of hydrogen-bond donors (Lipinski definition) is 0. The Balaban J connectivity index is 2.45. The molecule has 0 saturated heterocycles. The van der Waals surface area contributed by atoms with Crippen LogP contribution in [0.1, 0.15) is 25.7 Å². The highest BCUT2D eigenvalue weighted by Gasteiger charge is 1.75. The maximum atomic E-state index is 2.21. The van der Waals surface area contributed by atoms with Crippen molar-refractivity contribution in [1.82, 2.24) is 0 Å². The molecule has 0 aromatic heterocycles. The molecule has 0 unspecified atom stereocenters. The molecule has 74 valence electrons. The van der Waals surface area contributed by atoms with Crippen molar-refractivity contribution in [3.8, 4) is 0 Å². The Bertz CT molecular complexity index is 234. The van der Waals surface area contributed by atoms with E-state index in [1.54, 1.807) is 0 Å². The summed E-state index contributed by atoms with van der Waals surface area (Å²) in [6.07, 6.45) is 26.0. The normalized spacial score (nSPS) is 27.4. The molecule has 0 amide bonds. The zero-order valence-corrected chi connectivity index (χ0v) is 8.60. The highest BCUT2D eigenvalue weighted by molar-refractivity contribution is 5.08. The van der Waals surface area contributed by atoms with E-state index in [2.05, 4.69) is 60.8 Å². The van der Waals surface area contributed by atoms with Crippen molar-refractivity contribution in [3.05, 3.63) is 60.8 Å². The van der Waals surface area contributed by atoms with Crippen molar-refractivity contribution < 1.29 is 0 Å². The van der Waals surface area contributed by atoms with Crippen LogP contribution in [0, 0.1) is 0 Å². The van der Waals surface area contributed by atoms with Crippen molar-refractivity contribution in [2.45, 2.75) is 25.7 Å². The molecule has 0 aromatic carbocycles. The first-order chi connectivity index (χ1) is 7.00. The zero-order valence-electron chi connectivity index (χ0n) is 8.60. The molecular weight excluding hydrogens is 168 g/mol. The molecule has 1 aliphatic carbocycles. The summed E-state index contributed by atoms with van der Waals surface area (Å²) in [5.41, 5.74) is 0. The molecule has 0 spiro atoms. The molecular formula is C14H18. The second-order valence-electron chi connectivity index (χ2n) is 3.21. The summed E-state index contributed by atoms with van der Waals surface area (Å²) in [4.78, 5) is 0. The summed E-state index contributed by atoms with van der Waals surface area (Å²) in [6, 6.07) is 0. The fraction of sp³-hybridized carbons (Fsp3) is 0.286. The van der Waals surface area contributed by atoms with Gasteiger partial charge in [-0.3, -0.25) is 0 Å². The minimum Gasteiger partial charge on any atom is -0.0844 e. The first kappa shape index (κ1) is 10.8. The average molecular weight is 186 g/mol. The molecule has 0 bridgehead atoms. The van der Waals surface area contributed by atoms with Crippen LogP contribution in [0.3, 0.4) is 0 Å². The lowest BCUT2D eigenvalue weighted by Gasteiger charge is -1.86. The van der Waals surface area contributed by atoms with Crippen LogP contribution in [0.5, 0.6) is 0 Å². The molecule has 0 fully saturated rings. The predicted octanol–water partition coefficient (Wildman–Crippen LogP) is 4.34. The highest BCUT2D eigenvalue weighted by Crippen LogP contribution is 1.96. The second kappa shape index (κ2) is 8.31. The lowest BCUT2D eigenvalue weighted by atomic mass is 10.2. The van der Waals surface area contributed by atoms with Gasteiger partial charge in [-0.15, -0.1) is 0 Å². The van der Waals surface area contributed by atoms with E-state index < -0.39 is 0 Å². The topological polar surface area (TPSA) is 0 Å². The Morgan fingerprint density at radius 1 is 0.357 bits per heavy atom. The van der Waals surface area contributed by atoms with Crippen molar-refractivity contribution in [2.75, 3.05) is 0 Å². The fourth-order valence-electron chi connectivity index (χ4n) is 1.21. The van der Waals surface area contributed by atoms with Crippen LogP contribution in [-0.4, -0.2) is 0 Å². The molecule has 0 heterocycles. The van der Waals surface area contributed by atoms with E-state index in [9.17, 15) is 0 Å². The Labute approximate surface area is 87.0 Å². The van der Waals surface area contributed by atoms with Crippen LogP contribution in [0.25, 0.3) is 0 Å². The molecule has 0 atom stereocenters. The summed E-state index contributed by atoms with van der Waals surface area (Å²) in [5.74, 6) is 0. The third kappa shape index (κ3) is 6.24. The van der Waals surface area contributed by atoms with Gasteiger partial charge in [-0.05, 0) is 25.7 Å². The van der Waals surface area contributed by atoms with Gasteiger partial charge in [0.15, 0.2) is 0 Å². The van der Waals surface area contributed by atoms with E-state index in [4.69, 9.17) is 0 Å². The largest absolute Gasteiger partial charge is 0.0844 e. The standard InChI is InChI=1S/C14H18/c1-2-4-6-8-10-12-14-13-11-9-7-5-3-1/h1-4,7-10,13-14H,5-6,11-12H2/b3-1-,4-2+,9-7-,10-8+,14-13?. The summed E-state index contributed by atoms with van der Waals surface area (Å²) >= 11 is 0. The summed E-state index contributed by atoms with van der Waals surface area (Å²) in [7, 11) is 0. The molecule has 0 aromatic rings. The van der Waals surface area contributed by atoms with Gasteiger partial charge in [-0.2, -0.15) is 0 Å². The van der Waals surface area contributed by atoms with Crippen LogP contribution in [0.4, 0.5) is 0 Å². The summed E-state index contributed by atoms with van der Waals surface area (Å²) in [5, 5.41) is 0. The third-order valence-electron chi connectivity index (χ3n) is 1.97. The zero-order chi connectivity index (χ0) is 9.90. The Kier molecular flexibility index (Phi) is 6.39. The SMILES string of the molecule is C1=CC/C=C/C/C=C/C=C\C/C=C\C1. The van der Waals surface area contributed by atoms with Gasteiger partial charge in [0.25, 0.3) is 0 Å². The Morgan fingerprint density at radius 2 is 0.643 bits per heavy atom. The lowest BCUT2D eigenvalue weighted by molar-refractivity contribution is 1.26. The predicted molar refractivity (Wildman–Crippen MR) is 64.2 cm³/mol. The maximum Gasteiger partial charge on any atom is -0.0166 e. The van der Waals surface area contributed by atoms with Gasteiger partial charge in [-0.1, -0.05) is 60.8 Å². The van der Waals surface area contributed by atoms with Crippen molar-refractivity contribution >= 4 is 0 Å². The van der Waals surface area contributed by atoms with E-state index in [1.807, 2.05) is 0 Å². The van der Waals surface area contributed by atoms with Gasteiger partial charge in [0, 0.05) is 0 Å². The first-order valence-corrected chi connectivity index (χ1v) is 5.27. The van der Waals surface area contributed by atoms with Gasteiger partial charge < -0.3 is 0 Å². The average Bonchev–Trinajstić information content (AvgIpc) is 2.22. The van der Waals surface area contributed by atoms with Crippen LogP contribution < -0.4 is 0 Å². The van der Waals surface area contributed by atoms with Gasteiger partial charge in [0.05, 0.1) is 0 Å². The smallest absolute Gasteiger partial charge is 0.0166 e. The molecule has 1 aliphatic rings. The minimum absolute atomic E-state index is 1.04. The number of allylic oxidation sites excluding steroid dienone is 10. The second-order valence-corrected chi connectivity index (χ2v) is 3.21. The molecule has 0 aliphatic heterocycles. The van der Waals surface area contributed by atoms with Gasteiger partial charge in [0.1, 0.15) is 0 Å². The van der Waals surface area contributed by atoms with Crippen LogP contribution in [-0.2, 0) is 0 Å². The lowest BCUT2D eigenvalue weighted by Crippen LogP contribution is -1.65. The summed E-state index contributed by atoms with van der Waals surface area (Å²) < 4.78 is 0. The van der Waals surface area contributed by atoms with E-state index in [0.717, 1.165) is 25.7 Å². The molecule has 0 saturated carbocycles. The third-order valence-corrected chi connectivity index (χ3v) is 1.97. The van der Waals surface area contributed by atoms with Crippen LogP contribution in [0.15, 0.2) is 60.8 Å². The minimum atomic E-state index is 1.04. The van der Waals surface area contributed by atoms with Crippen molar-refractivity contribution in [1.29, 1.82) is 0 Å². The van der Waals surface area contributed by atoms with Crippen LogP contribution >= 0.6 is 0 Å². The van der Waals surface area contributed by atoms with Crippen LogP contribution in [0.2, 0.25) is 0 Å². The van der Waals surface area contributed by atoms with Gasteiger partial charge >= 0.3 is 0 Å². The molecule has 0 radical (unpaired) electrons. The molecule has 0 nitrogen and oxygen atoms in total. The van der Waals surface area contributed by atoms with Gasteiger partial charge in [0.2, 0.25) is 0 Å². The Morgan fingerprint density at radius 3 is 1.00 bits per heavy atom. The Hall–Kier alpha value is -1.30. The molecule has 14 heavy (non-hydrogen) atoms. The maximum absolute atomic E-state index is 2.21. The van der Waals surface area contributed by atoms with Crippen molar-refractivity contribution in [2.24, 2.45) is 0 Å². The van der Waals surface area contributed by atoms with E-state index in [0.29, 0.717) is 0 Å². The fourth-order valence-corrected chi connectivity index (χ4v) is 1.21. The number of hydrogen-bond acceptors (Lipinski definition) is 0. The quantitative estimate of drug-likeness (QED) is 0.494. The van der Waals surface area contributed by atoms with Gasteiger partial charge in [-0.25, -0.2) is 0 Å². The number of rotatable bonds is 0. The van der Waals surface area contributed by atoms with E-state index >= 15 is 0 Å². The molecule has 0 N–H and O–H groups in total. The monoisotopic (exact) mass is 186 g/mol.